The van der Waals surface area contributed by atoms with Gasteiger partial charge in [0.1, 0.15) is 18.5 Å². The molecule has 0 unspecified atom stereocenters. The van der Waals surface area contributed by atoms with Crippen molar-refractivity contribution in [2.45, 2.75) is 26.4 Å². The van der Waals surface area contributed by atoms with Crippen molar-refractivity contribution < 1.29 is 4.57 Å². The van der Waals surface area contributed by atoms with E-state index in [9.17, 15) is 0 Å². The van der Waals surface area contributed by atoms with Crippen LogP contribution in [-0.2, 0) is 13.1 Å². The zero-order valence-electron chi connectivity index (χ0n) is 6.70. The van der Waals surface area contributed by atoms with Crippen molar-refractivity contribution in [3.63, 3.8) is 0 Å². The molecule has 3 heteroatoms. The second-order valence-electron chi connectivity index (χ2n) is 2.48. The van der Waals surface area contributed by atoms with Crippen molar-refractivity contribution in [2.75, 3.05) is 0 Å². The van der Waals surface area contributed by atoms with Gasteiger partial charge in [-0.25, -0.2) is 9.13 Å². The number of nitriles is 1. The normalized spacial score (nSPS) is 9.45. The molecule has 1 aromatic rings. The van der Waals surface area contributed by atoms with Crippen LogP contribution >= 0.6 is 0 Å². The van der Waals surface area contributed by atoms with Crippen LogP contribution in [0.3, 0.4) is 0 Å². The lowest BCUT2D eigenvalue weighted by molar-refractivity contribution is -0.696. The summed E-state index contributed by atoms with van der Waals surface area (Å²) < 4.78 is 3.95. The molecule has 0 aromatic carbocycles. The Hall–Kier alpha value is -1.30. The van der Waals surface area contributed by atoms with E-state index in [-0.39, 0.29) is 0 Å². The van der Waals surface area contributed by atoms with Gasteiger partial charge < -0.3 is 0 Å². The summed E-state index contributed by atoms with van der Waals surface area (Å²) in [6.07, 6.45) is 6.98. The lowest BCUT2D eigenvalue weighted by Gasteiger charge is -1.87. The summed E-state index contributed by atoms with van der Waals surface area (Å²) in [6, 6.07) is 2.09. The molecule has 0 aliphatic heterocycles. The number of imidazole rings is 1. The van der Waals surface area contributed by atoms with Crippen LogP contribution in [0.1, 0.15) is 13.3 Å². The Bertz CT molecular complexity index is 257. The molecule has 0 radical (unpaired) electrons. The minimum absolute atomic E-state index is 0.441. The van der Waals surface area contributed by atoms with Gasteiger partial charge in [-0.3, -0.25) is 0 Å². The van der Waals surface area contributed by atoms with Crippen molar-refractivity contribution in [1.82, 2.24) is 4.57 Å². The molecular formula is C8H12N3+. The summed E-state index contributed by atoms with van der Waals surface area (Å²) in [4.78, 5) is 0. The second-order valence-corrected chi connectivity index (χ2v) is 2.48. The Morgan fingerprint density at radius 2 is 2.45 bits per heavy atom. The van der Waals surface area contributed by atoms with Crippen LogP contribution in [0.2, 0.25) is 0 Å². The first-order valence-electron chi connectivity index (χ1n) is 3.78. The maximum Gasteiger partial charge on any atom is 0.244 e. The fourth-order valence-electron chi connectivity index (χ4n) is 1.00. The highest BCUT2D eigenvalue weighted by Crippen LogP contribution is 1.83. The summed E-state index contributed by atoms with van der Waals surface area (Å²) in [5, 5.41) is 8.38. The summed E-state index contributed by atoms with van der Waals surface area (Å²) >= 11 is 0. The fourth-order valence-corrected chi connectivity index (χ4v) is 1.00. The van der Waals surface area contributed by atoms with Crippen molar-refractivity contribution >= 4 is 0 Å². The van der Waals surface area contributed by atoms with E-state index < -0.39 is 0 Å². The van der Waals surface area contributed by atoms with Gasteiger partial charge in [0, 0.05) is 0 Å². The molecule has 58 valence electrons. The van der Waals surface area contributed by atoms with E-state index in [1.807, 2.05) is 23.3 Å². The second kappa shape index (κ2) is 3.77. The molecule has 1 aromatic heterocycles. The van der Waals surface area contributed by atoms with Gasteiger partial charge in [0.15, 0.2) is 6.54 Å². The van der Waals surface area contributed by atoms with Crippen LogP contribution in [0.15, 0.2) is 18.7 Å². The number of aryl methyl sites for hydroxylation is 1. The highest BCUT2D eigenvalue weighted by Gasteiger charge is 1.99. The molecule has 0 atom stereocenters. The van der Waals surface area contributed by atoms with E-state index in [0.717, 1.165) is 13.0 Å². The first-order chi connectivity index (χ1) is 5.36. The van der Waals surface area contributed by atoms with Crippen molar-refractivity contribution in [3.05, 3.63) is 18.7 Å². The number of aromatic nitrogens is 2. The van der Waals surface area contributed by atoms with Crippen LogP contribution < -0.4 is 4.57 Å². The van der Waals surface area contributed by atoms with Gasteiger partial charge in [0.25, 0.3) is 0 Å². The monoisotopic (exact) mass is 150 g/mol. The SMILES string of the molecule is CCC[n+]1ccn(CC#N)c1. The molecule has 0 saturated heterocycles. The van der Waals surface area contributed by atoms with Gasteiger partial charge in [-0.05, 0) is 6.42 Å². The first kappa shape index (κ1) is 7.80. The summed E-state index contributed by atoms with van der Waals surface area (Å²) in [5.41, 5.74) is 0. The Balaban J connectivity index is 2.60. The van der Waals surface area contributed by atoms with E-state index >= 15 is 0 Å². The Kier molecular flexibility index (Phi) is 2.67. The highest BCUT2D eigenvalue weighted by molar-refractivity contribution is 4.75. The summed E-state index contributed by atoms with van der Waals surface area (Å²) in [7, 11) is 0. The predicted molar refractivity (Wildman–Crippen MR) is 40.5 cm³/mol. The van der Waals surface area contributed by atoms with Crippen molar-refractivity contribution in [1.29, 1.82) is 5.26 Å². The Morgan fingerprint density at radius 1 is 1.64 bits per heavy atom. The molecule has 11 heavy (non-hydrogen) atoms. The zero-order chi connectivity index (χ0) is 8.10. The molecule has 0 fully saturated rings. The molecule has 3 nitrogen and oxygen atoms in total. The molecule has 0 bridgehead atoms. The molecule has 0 spiro atoms. The maximum atomic E-state index is 8.38. The molecule has 0 aliphatic carbocycles. The van der Waals surface area contributed by atoms with Crippen molar-refractivity contribution in [3.8, 4) is 6.07 Å². The third-order valence-corrected chi connectivity index (χ3v) is 1.48. The van der Waals surface area contributed by atoms with Gasteiger partial charge in [0.05, 0.1) is 6.54 Å². The predicted octanol–water partition coefficient (Wildman–Crippen LogP) is 0.709. The lowest BCUT2D eigenvalue weighted by atomic mass is 10.5. The summed E-state index contributed by atoms with van der Waals surface area (Å²) in [5.74, 6) is 0. The minimum Gasteiger partial charge on any atom is -0.237 e. The van der Waals surface area contributed by atoms with Crippen LogP contribution in [0.5, 0.6) is 0 Å². The molecule has 1 heterocycles. The third kappa shape index (κ3) is 2.08. The number of nitrogens with zero attached hydrogens (tertiary/aromatic N) is 3. The average Bonchev–Trinajstić information content (AvgIpc) is 2.38. The third-order valence-electron chi connectivity index (χ3n) is 1.48. The molecule has 0 amide bonds. The lowest BCUT2D eigenvalue weighted by Crippen LogP contribution is -2.30. The number of rotatable bonds is 3. The number of hydrogen-bond donors (Lipinski definition) is 0. The van der Waals surface area contributed by atoms with E-state index in [0.29, 0.717) is 6.54 Å². The van der Waals surface area contributed by atoms with Crippen LogP contribution in [0.25, 0.3) is 0 Å². The van der Waals surface area contributed by atoms with Gasteiger partial charge >= 0.3 is 0 Å². The standard InChI is InChI=1S/C8H12N3/c1-2-4-10-6-7-11(8-10)5-3-9/h6-8H,2,4-5H2,1H3/q+1. The largest absolute Gasteiger partial charge is 0.244 e. The van der Waals surface area contributed by atoms with E-state index in [2.05, 4.69) is 17.6 Å². The quantitative estimate of drug-likeness (QED) is 0.584. The van der Waals surface area contributed by atoms with Gasteiger partial charge in [-0.1, -0.05) is 6.92 Å². The van der Waals surface area contributed by atoms with E-state index in [1.165, 1.54) is 0 Å². The zero-order valence-corrected chi connectivity index (χ0v) is 6.70. The Labute approximate surface area is 66.5 Å². The highest BCUT2D eigenvalue weighted by atomic mass is 15.1. The first-order valence-corrected chi connectivity index (χ1v) is 3.78. The molecule has 0 saturated carbocycles. The summed E-state index contributed by atoms with van der Waals surface area (Å²) in [6.45, 7) is 3.60. The fraction of sp³-hybridized carbons (Fsp3) is 0.500. The van der Waals surface area contributed by atoms with Gasteiger partial charge in [-0.2, -0.15) is 5.26 Å². The van der Waals surface area contributed by atoms with Crippen LogP contribution in [-0.4, -0.2) is 4.57 Å². The van der Waals surface area contributed by atoms with Crippen molar-refractivity contribution in [2.24, 2.45) is 0 Å². The van der Waals surface area contributed by atoms with Gasteiger partial charge in [0.2, 0.25) is 6.33 Å². The smallest absolute Gasteiger partial charge is 0.237 e. The van der Waals surface area contributed by atoms with Gasteiger partial charge in [-0.15, -0.1) is 0 Å². The van der Waals surface area contributed by atoms with Crippen LogP contribution in [0, 0.1) is 11.3 Å². The van der Waals surface area contributed by atoms with Crippen LogP contribution in [0.4, 0.5) is 0 Å². The van der Waals surface area contributed by atoms with E-state index in [1.54, 1.807) is 0 Å². The Morgan fingerprint density at radius 3 is 3.09 bits per heavy atom. The molecule has 0 aliphatic rings. The number of hydrogen-bond acceptors (Lipinski definition) is 1. The molecule has 0 N–H and O–H groups in total. The minimum atomic E-state index is 0.441. The van der Waals surface area contributed by atoms with E-state index in [4.69, 9.17) is 5.26 Å². The molecular weight excluding hydrogens is 138 g/mol. The topological polar surface area (TPSA) is 32.6 Å². The average molecular weight is 150 g/mol. The maximum absolute atomic E-state index is 8.38. The molecule has 1 rings (SSSR count).